The number of hydrogen-bond acceptors (Lipinski definition) is 10. The number of thiocarbonyl (C=S) groups is 4. The van der Waals surface area contributed by atoms with Gasteiger partial charge in [-0.15, -0.1) is 0 Å². The number of benzene rings is 2. The summed E-state index contributed by atoms with van der Waals surface area (Å²) in [5, 5.41) is 0. The summed E-state index contributed by atoms with van der Waals surface area (Å²) in [6.45, 7) is 11.0. The first-order valence-corrected chi connectivity index (χ1v) is 27.7. The summed E-state index contributed by atoms with van der Waals surface area (Å²) in [5.74, 6) is 4.09. The highest BCUT2D eigenvalue weighted by Crippen LogP contribution is 2.54. The first-order valence-electron chi connectivity index (χ1n) is 22.1. The second-order valence-electron chi connectivity index (χ2n) is 17.2. The summed E-state index contributed by atoms with van der Waals surface area (Å²) in [6.07, 6.45) is 12.4. The molecule has 1 aliphatic carbocycles. The Bertz CT molecular complexity index is 1510. The van der Waals surface area contributed by atoms with Crippen molar-refractivity contribution < 1.29 is 0 Å². The number of unbranched alkanes of at least 4 members (excludes halogenated alkanes) is 6. The van der Waals surface area contributed by atoms with Gasteiger partial charge in [0.2, 0.25) is 0 Å². The molecule has 0 aromatic heterocycles. The van der Waals surface area contributed by atoms with Gasteiger partial charge in [0.15, 0.2) is 0 Å². The maximum absolute atomic E-state index is 5.57. The molecule has 14 heteroatoms. The molecule has 0 atom stereocenters. The standard InChI is InChI=1S/C47H76N6S8/c1-37-19-21-39-40-22-20-38(2)36-42(40)47(41(39)35-37,23-15-11-13-17-25-52(27-31-58-43(54)48(3)4)28-32-59-44(55)49(5)6)24-16-12-14-18-26-53(29-33-60-45(56)50(7)8)30-34-61-46(57)51(9)10/h19-22,35-36H,11-18,23-34H2,1-10H3. The van der Waals surface area contributed by atoms with Crippen molar-refractivity contribution in [2.75, 3.05) is 119 Å². The van der Waals surface area contributed by atoms with Crippen LogP contribution in [-0.4, -0.2) is 165 Å². The molecule has 3 rings (SSSR count). The van der Waals surface area contributed by atoms with Crippen molar-refractivity contribution in [1.82, 2.24) is 29.4 Å². The molecule has 0 unspecified atom stereocenters. The van der Waals surface area contributed by atoms with Crippen LogP contribution in [0.1, 0.15) is 86.5 Å². The number of nitrogens with zero attached hydrogens (tertiary/aromatic N) is 6. The second-order valence-corrected chi connectivity index (χ2v) is 24.1. The number of fused-ring (bicyclic) bond motifs is 3. The molecule has 342 valence electrons. The van der Waals surface area contributed by atoms with Crippen LogP contribution in [-0.2, 0) is 5.41 Å². The highest BCUT2D eigenvalue weighted by atomic mass is 32.2. The van der Waals surface area contributed by atoms with E-state index in [-0.39, 0.29) is 5.41 Å². The first-order chi connectivity index (χ1) is 29.0. The first kappa shape index (κ1) is 54.7. The van der Waals surface area contributed by atoms with Gasteiger partial charge >= 0.3 is 0 Å². The van der Waals surface area contributed by atoms with Gasteiger partial charge in [0.05, 0.1) is 0 Å². The molecular weight excluding hydrogens is 905 g/mol. The molecule has 6 nitrogen and oxygen atoms in total. The van der Waals surface area contributed by atoms with Crippen molar-refractivity contribution in [2.24, 2.45) is 0 Å². The summed E-state index contributed by atoms with van der Waals surface area (Å²) in [4.78, 5) is 13.4. The maximum Gasteiger partial charge on any atom is 0.135 e. The Morgan fingerprint density at radius 2 is 0.721 bits per heavy atom. The maximum atomic E-state index is 5.57. The SMILES string of the molecule is Cc1ccc2c(c1)C(CCCCCCN(CCSC(=S)N(C)C)CCSC(=S)N(C)C)(CCCCCCN(CCSC(=S)N(C)C)CCSC(=S)N(C)C)c1cc(C)ccc1-2. The van der Waals surface area contributed by atoms with Gasteiger partial charge in [0, 0.05) is 111 Å². The molecule has 0 N–H and O–H groups in total. The van der Waals surface area contributed by atoms with Gasteiger partial charge in [-0.1, -0.05) is 182 Å². The largest absolute Gasteiger partial charge is 0.364 e. The quantitative estimate of drug-likeness (QED) is 0.0659. The lowest BCUT2D eigenvalue weighted by molar-refractivity contribution is 0.297. The molecule has 2 aromatic rings. The Labute approximate surface area is 411 Å². The lowest BCUT2D eigenvalue weighted by Gasteiger charge is -2.33. The topological polar surface area (TPSA) is 19.4 Å². The Kier molecular flexibility index (Phi) is 26.0. The average molecular weight is 982 g/mol. The van der Waals surface area contributed by atoms with E-state index in [0.717, 1.165) is 79.6 Å². The van der Waals surface area contributed by atoms with Crippen LogP contribution in [0.4, 0.5) is 0 Å². The van der Waals surface area contributed by atoms with E-state index in [0.29, 0.717) is 0 Å². The van der Waals surface area contributed by atoms with Gasteiger partial charge in [0.1, 0.15) is 17.3 Å². The smallest absolute Gasteiger partial charge is 0.135 e. The van der Waals surface area contributed by atoms with E-state index >= 15 is 0 Å². The molecule has 0 aliphatic heterocycles. The van der Waals surface area contributed by atoms with E-state index < -0.39 is 0 Å². The van der Waals surface area contributed by atoms with Crippen molar-refractivity contribution >= 4 is 113 Å². The summed E-state index contributed by atoms with van der Waals surface area (Å²) in [5.41, 5.74) is 8.90. The zero-order valence-corrected chi connectivity index (χ0v) is 45.6. The van der Waals surface area contributed by atoms with Gasteiger partial charge in [-0.2, -0.15) is 0 Å². The summed E-state index contributed by atoms with van der Waals surface area (Å²) >= 11 is 29.4. The molecule has 0 saturated carbocycles. The minimum Gasteiger partial charge on any atom is -0.364 e. The van der Waals surface area contributed by atoms with Crippen LogP contribution in [0.5, 0.6) is 0 Å². The number of rotatable bonds is 26. The fourth-order valence-corrected chi connectivity index (χ4v) is 12.0. The predicted molar refractivity (Wildman–Crippen MR) is 296 cm³/mol. The average Bonchev–Trinajstić information content (AvgIpc) is 3.46. The summed E-state index contributed by atoms with van der Waals surface area (Å²) in [6, 6.07) is 14.5. The summed E-state index contributed by atoms with van der Waals surface area (Å²) in [7, 11) is 16.3. The van der Waals surface area contributed by atoms with Crippen LogP contribution < -0.4 is 0 Å². The molecule has 0 amide bonds. The lowest BCUT2D eigenvalue weighted by atomic mass is 9.70. The molecule has 0 fully saturated rings. The molecule has 1 aliphatic rings. The highest BCUT2D eigenvalue weighted by molar-refractivity contribution is 8.24. The van der Waals surface area contributed by atoms with E-state index in [4.69, 9.17) is 48.9 Å². The van der Waals surface area contributed by atoms with Crippen LogP contribution in [0.25, 0.3) is 11.1 Å². The Balaban J connectivity index is 1.63. The van der Waals surface area contributed by atoms with Gasteiger partial charge in [0.25, 0.3) is 0 Å². The minimum atomic E-state index is 0.0785. The molecule has 0 spiro atoms. The van der Waals surface area contributed by atoms with Crippen molar-refractivity contribution in [1.29, 1.82) is 0 Å². The molecular formula is C47H76N6S8. The van der Waals surface area contributed by atoms with E-state index in [1.54, 1.807) is 58.2 Å². The normalized spacial score (nSPS) is 12.7. The number of thioether (sulfide) groups is 4. The second kappa shape index (κ2) is 29.1. The molecule has 0 saturated heterocycles. The van der Waals surface area contributed by atoms with Gasteiger partial charge in [-0.3, -0.25) is 0 Å². The molecule has 0 bridgehead atoms. The number of hydrogen-bond donors (Lipinski definition) is 0. The van der Waals surface area contributed by atoms with Crippen LogP contribution >= 0.6 is 95.9 Å². The summed E-state index contributed by atoms with van der Waals surface area (Å²) < 4.78 is 3.84. The van der Waals surface area contributed by atoms with Gasteiger partial charge in [-0.05, 0) is 74.9 Å². The van der Waals surface area contributed by atoms with Crippen LogP contribution in [0.3, 0.4) is 0 Å². The third kappa shape index (κ3) is 19.0. The van der Waals surface area contributed by atoms with E-state index in [2.05, 4.69) is 60.0 Å². The Morgan fingerprint density at radius 3 is 1.02 bits per heavy atom. The van der Waals surface area contributed by atoms with Crippen LogP contribution in [0.15, 0.2) is 36.4 Å². The third-order valence-electron chi connectivity index (χ3n) is 11.3. The monoisotopic (exact) mass is 980 g/mol. The zero-order chi connectivity index (χ0) is 45.0. The number of aryl methyl sites for hydroxylation is 2. The minimum absolute atomic E-state index is 0.0785. The lowest BCUT2D eigenvalue weighted by Crippen LogP contribution is -2.31. The van der Waals surface area contributed by atoms with Crippen molar-refractivity contribution in [2.45, 2.75) is 83.5 Å². The van der Waals surface area contributed by atoms with Crippen molar-refractivity contribution in [3.63, 3.8) is 0 Å². The Morgan fingerprint density at radius 1 is 0.426 bits per heavy atom. The van der Waals surface area contributed by atoms with E-state index in [1.165, 1.54) is 86.5 Å². The molecule has 0 radical (unpaired) electrons. The zero-order valence-electron chi connectivity index (χ0n) is 39.1. The fourth-order valence-electron chi connectivity index (χ4n) is 7.85. The molecule has 61 heavy (non-hydrogen) atoms. The third-order valence-corrected chi connectivity index (χ3v) is 18.2. The van der Waals surface area contributed by atoms with Crippen molar-refractivity contribution in [3.05, 3.63) is 58.7 Å². The van der Waals surface area contributed by atoms with Crippen molar-refractivity contribution in [3.8, 4) is 11.1 Å². The van der Waals surface area contributed by atoms with Crippen LogP contribution in [0, 0.1) is 13.8 Å². The molecule has 2 aromatic carbocycles. The fraction of sp³-hybridized carbons (Fsp3) is 0.660. The predicted octanol–water partition coefficient (Wildman–Crippen LogP) is 11.4. The van der Waals surface area contributed by atoms with Gasteiger partial charge < -0.3 is 29.4 Å². The molecule has 0 heterocycles. The Hall–Kier alpha value is -0.680. The van der Waals surface area contributed by atoms with E-state index in [9.17, 15) is 0 Å². The van der Waals surface area contributed by atoms with E-state index in [1.807, 2.05) is 76.0 Å². The highest BCUT2D eigenvalue weighted by Gasteiger charge is 2.42. The van der Waals surface area contributed by atoms with Crippen LogP contribution in [0.2, 0.25) is 0 Å². The van der Waals surface area contributed by atoms with Gasteiger partial charge in [-0.25, -0.2) is 0 Å².